The van der Waals surface area contributed by atoms with Gasteiger partial charge in [0.15, 0.2) is 12.4 Å². The molecule has 1 amide bonds. The molecule has 0 aliphatic heterocycles. The third kappa shape index (κ3) is 6.58. The molecule has 0 bridgehead atoms. The summed E-state index contributed by atoms with van der Waals surface area (Å²) >= 11 is 11.6. The van der Waals surface area contributed by atoms with Crippen LogP contribution < -0.4 is 10.1 Å². The Labute approximate surface area is 166 Å². The molecule has 8 heteroatoms. The van der Waals surface area contributed by atoms with Crippen molar-refractivity contribution < 1.29 is 23.9 Å². The summed E-state index contributed by atoms with van der Waals surface area (Å²) in [4.78, 5) is 35.7. The Balaban J connectivity index is 1.78. The number of nitrogens with one attached hydrogen (secondary N) is 1. The van der Waals surface area contributed by atoms with Crippen LogP contribution in [0.3, 0.4) is 0 Å². The molecule has 0 spiro atoms. The number of carbonyl (C=O) groups is 3. The van der Waals surface area contributed by atoms with Crippen LogP contribution in [0.4, 0.5) is 5.69 Å². The van der Waals surface area contributed by atoms with Gasteiger partial charge >= 0.3 is 5.97 Å². The largest absolute Gasteiger partial charge is 0.495 e. The van der Waals surface area contributed by atoms with E-state index >= 15 is 0 Å². The molecule has 0 atom stereocenters. The summed E-state index contributed by atoms with van der Waals surface area (Å²) in [5.41, 5.74) is 0.821. The Morgan fingerprint density at radius 2 is 1.63 bits per heavy atom. The van der Waals surface area contributed by atoms with E-state index in [9.17, 15) is 14.4 Å². The molecule has 2 aromatic carbocycles. The fourth-order valence-corrected chi connectivity index (χ4v) is 2.48. The molecule has 0 radical (unpaired) electrons. The van der Waals surface area contributed by atoms with Gasteiger partial charge in [0.25, 0.3) is 5.91 Å². The fourth-order valence-electron chi connectivity index (χ4n) is 2.18. The van der Waals surface area contributed by atoms with Gasteiger partial charge in [-0.1, -0.05) is 23.2 Å². The zero-order valence-electron chi connectivity index (χ0n) is 14.5. The number of methoxy groups -OCH3 is 1. The fraction of sp³-hybridized carbons (Fsp3) is 0.211. The van der Waals surface area contributed by atoms with E-state index in [-0.39, 0.29) is 18.6 Å². The number of ether oxygens (including phenoxy) is 2. The van der Waals surface area contributed by atoms with Gasteiger partial charge in [-0.3, -0.25) is 14.4 Å². The first-order valence-electron chi connectivity index (χ1n) is 7.97. The van der Waals surface area contributed by atoms with Crippen LogP contribution in [0.1, 0.15) is 23.2 Å². The molecule has 0 heterocycles. The average Bonchev–Trinajstić information content (AvgIpc) is 2.65. The van der Waals surface area contributed by atoms with E-state index in [2.05, 4.69) is 5.32 Å². The second kappa shape index (κ2) is 9.94. The van der Waals surface area contributed by atoms with E-state index in [1.807, 2.05) is 0 Å². The first-order chi connectivity index (χ1) is 12.9. The van der Waals surface area contributed by atoms with Gasteiger partial charge in [-0.2, -0.15) is 0 Å². The van der Waals surface area contributed by atoms with Gasteiger partial charge in [-0.25, -0.2) is 0 Å². The number of hydrogen-bond donors (Lipinski definition) is 1. The molecule has 1 N–H and O–H groups in total. The summed E-state index contributed by atoms with van der Waals surface area (Å²) in [6, 6.07) is 11.1. The molecule has 0 aromatic heterocycles. The highest BCUT2D eigenvalue weighted by Gasteiger charge is 2.13. The Hall–Kier alpha value is -2.57. The number of ketones is 1. The predicted octanol–water partition coefficient (Wildman–Crippen LogP) is 4.15. The molecule has 6 nitrogen and oxygen atoms in total. The SMILES string of the molecule is COc1ccc(Cl)cc1NC(=O)COC(=O)CCC(=O)c1ccc(Cl)cc1. The Morgan fingerprint density at radius 3 is 2.30 bits per heavy atom. The van der Waals surface area contributed by atoms with Crippen molar-refractivity contribution in [2.75, 3.05) is 19.0 Å². The third-order valence-corrected chi connectivity index (χ3v) is 4.01. The van der Waals surface area contributed by atoms with Gasteiger partial charge in [-0.05, 0) is 42.5 Å². The van der Waals surface area contributed by atoms with Crippen LogP contribution in [0.2, 0.25) is 10.0 Å². The highest BCUT2D eigenvalue weighted by Crippen LogP contribution is 2.27. The van der Waals surface area contributed by atoms with Crippen LogP contribution >= 0.6 is 23.2 Å². The molecule has 0 saturated carbocycles. The molecule has 0 aliphatic rings. The van der Waals surface area contributed by atoms with Gasteiger partial charge in [0.2, 0.25) is 0 Å². The van der Waals surface area contributed by atoms with Gasteiger partial charge in [0.1, 0.15) is 5.75 Å². The van der Waals surface area contributed by atoms with Crippen LogP contribution in [-0.2, 0) is 14.3 Å². The van der Waals surface area contributed by atoms with Crippen molar-refractivity contribution in [3.63, 3.8) is 0 Å². The van der Waals surface area contributed by atoms with Gasteiger partial charge in [0, 0.05) is 22.0 Å². The van der Waals surface area contributed by atoms with E-state index < -0.39 is 18.5 Å². The molecule has 0 aliphatic carbocycles. The molecule has 27 heavy (non-hydrogen) atoms. The van der Waals surface area contributed by atoms with Gasteiger partial charge < -0.3 is 14.8 Å². The first-order valence-corrected chi connectivity index (χ1v) is 8.72. The zero-order chi connectivity index (χ0) is 19.8. The van der Waals surface area contributed by atoms with Crippen molar-refractivity contribution >= 4 is 46.5 Å². The van der Waals surface area contributed by atoms with Crippen LogP contribution in [0, 0.1) is 0 Å². The number of carbonyl (C=O) groups excluding carboxylic acids is 3. The maximum absolute atomic E-state index is 12.0. The van der Waals surface area contributed by atoms with E-state index in [4.69, 9.17) is 32.7 Å². The van der Waals surface area contributed by atoms with Crippen molar-refractivity contribution in [2.45, 2.75) is 12.8 Å². The van der Waals surface area contributed by atoms with Gasteiger partial charge in [0.05, 0.1) is 19.2 Å². The lowest BCUT2D eigenvalue weighted by Crippen LogP contribution is -2.21. The predicted molar refractivity (Wildman–Crippen MR) is 103 cm³/mol. The third-order valence-electron chi connectivity index (χ3n) is 3.52. The van der Waals surface area contributed by atoms with E-state index in [1.54, 1.807) is 36.4 Å². The van der Waals surface area contributed by atoms with Crippen molar-refractivity contribution in [3.8, 4) is 5.75 Å². The number of esters is 1. The number of Topliss-reactive ketones (excluding diaryl/α,β-unsaturated/α-hetero) is 1. The summed E-state index contributed by atoms with van der Waals surface area (Å²) in [7, 11) is 1.45. The maximum Gasteiger partial charge on any atom is 0.306 e. The molecule has 0 unspecified atom stereocenters. The molecular weight excluding hydrogens is 393 g/mol. The van der Waals surface area contributed by atoms with Crippen LogP contribution in [0.25, 0.3) is 0 Å². The number of halogens is 2. The molecule has 0 fully saturated rings. The van der Waals surface area contributed by atoms with Gasteiger partial charge in [-0.15, -0.1) is 0 Å². The number of hydrogen-bond acceptors (Lipinski definition) is 5. The lowest BCUT2D eigenvalue weighted by atomic mass is 10.1. The minimum Gasteiger partial charge on any atom is -0.495 e. The van der Waals surface area contributed by atoms with E-state index in [0.29, 0.717) is 27.0 Å². The van der Waals surface area contributed by atoms with Crippen molar-refractivity contribution in [1.82, 2.24) is 0 Å². The normalized spacial score (nSPS) is 10.2. The maximum atomic E-state index is 12.0. The molecule has 0 saturated heterocycles. The number of benzene rings is 2. The van der Waals surface area contributed by atoms with Crippen molar-refractivity contribution in [1.29, 1.82) is 0 Å². The molecule has 2 rings (SSSR count). The zero-order valence-corrected chi connectivity index (χ0v) is 16.0. The lowest BCUT2D eigenvalue weighted by molar-refractivity contribution is -0.147. The summed E-state index contributed by atoms with van der Waals surface area (Å²) in [5.74, 6) is -0.983. The standard InChI is InChI=1S/C19H17Cl2NO5/c1-26-17-8-6-14(21)10-15(17)22-18(24)11-27-19(25)9-7-16(23)12-2-4-13(20)5-3-12/h2-6,8,10H,7,9,11H2,1H3,(H,22,24). The summed E-state index contributed by atoms with van der Waals surface area (Å²) in [5, 5.41) is 3.49. The lowest BCUT2D eigenvalue weighted by Gasteiger charge is -2.10. The number of amides is 1. The summed E-state index contributed by atoms with van der Waals surface area (Å²) in [6.07, 6.45) is -0.153. The topological polar surface area (TPSA) is 81.7 Å². The second-order valence-electron chi connectivity index (χ2n) is 5.48. The highest BCUT2D eigenvalue weighted by molar-refractivity contribution is 6.31. The Morgan fingerprint density at radius 1 is 0.963 bits per heavy atom. The second-order valence-corrected chi connectivity index (χ2v) is 6.36. The summed E-state index contributed by atoms with van der Waals surface area (Å²) < 4.78 is 10.0. The number of anilines is 1. The van der Waals surface area contributed by atoms with Crippen LogP contribution in [0.5, 0.6) is 5.75 Å². The first kappa shape index (κ1) is 20.7. The number of rotatable bonds is 8. The Bertz CT molecular complexity index is 836. The van der Waals surface area contributed by atoms with Crippen molar-refractivity contribution in [2.24, 2.45) is 0 Å². The molecule has 2 aromatic rings. The monoisotopic (exact) mass is 409 g/mol. The van der Waals surface area contributed by atoms with Crippen LogP contribution in [-0.4, -0.2) is 31.4 Å². The summed E-state index contributed by atoms with van der Waals surface area (Å²) in [6.45, 7) is -0.483. The van der Waals surface area contributed by atoms with E-state index in [0.717, 1.165) is 0 Å². The minimum absolute atomic E-state index is 0.0236. The quantitative estimate of drug-likeness (QED) is 0.523. The smallest absolute Gasteiger partial charge is 0.306 e. The highest BCUT2D eigenvalue weighted by atomic mass is 35.5. The minimum atomic E-state index is -0.648. The van der Waals surface area contributed by atoms with Crippen molar-refractivity contribution in [3.05, 3.63) is 58.1 Å². The molecule has 142 valence electrons. The van der Waals surface area contributed by atoms with E-state index in [1.165, 1.54) is 13.2 Å². The Kier molecular flexibility index (Phi) is 7.64. The average molecular weight is 410 g/mol. The molecular formula is C19H17Cl2NO5. The van der Waals surface area contributed by atoms with Crippen LogP contribution in [0.15, 0.2) is 42.5 Å².